The second-order valence-electron chi connectivity index (χ2n) is 6.64. The summed E-state index contributed by atoms with van der Waals surface area (Å²) < 4.78 is 43.6. The Kier molecular flexibility index (Phi) is 5.22. The maximum absolute atomic E-state index is 13.3. The van der Waals surface area contributed by atoms with E-state index in [2.05, 4.69) is 25.8 Å². The van der Waals surface area contributed by atoms with Crippen LogP contribution in [0.1, 0.15) is 37.7 Å². The summed E-state index contributed by atoms with van der Waals surface area (Å²) in [7, 11) is -3.77. The van der Waals surface area contributed by atoms with Crippen LogP contribution < -0.4 is 4.72 Å². The molecule has 0 amide bonds. The van der Waals surface area contributed by atoms with Crippen LogP contribution in [0.25, 0.3) is 0 Å². The molecule has 0 unspecified atom stereocenters. The molecule has 1 aromatic carbocycles. The summed E-state index contributed by atoms with van der Waals surface area (Å²) >= 11 is 3.30. The highest BCUT2D eigenvalue weighted by molar-refractivity contribution is 9.10. The third kappa shape index (κ3) is 3.87. The van der Waals surface area contributed by atoms with Crippen LogP contribution in [0.4, 0.5) is 4.39 Å². The van der Waals surface area contributed by atoms with Gasteiger partial charge in [-0.05, 0) is 58.4 Å². The monoisotopic (exact) mass is 417 g/mol. The van der Waals surface area contributed by atoms with Crippen molar-refractivity contribution in [2.75, 3.05) is 0 Å². The Bertz CT molecular complexity index is 870. The molecular formula is C16H21BrFN3O2S. The van der Waals surface area contributed by atoms with E-state index in [9.17, 15) is 12.8 Å². The minimum atomic E-state index is -3.77. The summed E-state index contributed by atoms with van der Waals surface area (Å²) in [5.74, 6) is -0.416. The van der Waals surface area contributed by atoms with Gasteiger partial charge >= 0.3 is 0 Å². The highest BCUT2D eigenvalue weighted by Crippen LogP contribution is 2.25. The van der Waals surface area contributed by atoms with Gasteiger partial charge in [0.15, 0.2) is 0 Å². The first kappa shape index (κ1) is 19.1. The Labute approximate surface area is 150 Å². The molecule has 0 aliphatic rings. The Hall–Kier alpha value is -1.25. The molecular weight excluding hydrogens is 397 g/mol. The van der Waals surface area contributed by atoms with Gasteiger partial charge < -0.3 is 0 Å². The number of aromatic nitrogens is 2. The molecule has 5 nitrogen and oxygen atoms in total. The Morgan fingerprint density at radius 3 is 2.46 bits per heavy atom. The number of aryl methyl sites for hydroxylation is 1. The summed E-state index contributed by atoms with van der Waals surface area (Å²) in [6, 6.07) is 4.15. The molecule has 0 atom stereocenters. The molecule has 0 aliphatic carbocycles. The van der Waals surface area contributed by atoms with Gasteiger partial charge in [0.05, 0.1) is 16.9 Å². The van der Waals surface area contributed by atoms with E-state index in [1.807, 2.05) is 20.8 Å². The standard InChI is InChI=1S/C16H21BrFN3O2S/c1-10-15(11(2)21(20-10)16(3,4)5)24(22,23)19-9-12-8-13(18)6-7-14(12)17/h6-8,19H,9H2,1-5H3. The van der Waals surface area contributed by atoms with Crippen molar-refractivity contribution in [3.05, 3.63) is 45.4 Å². The van der Waals surface area contributed by atoms with Crippen LogP contribution in [-0.2, 0) is 22.1 Å². The van der Waals surface area contributed by atoms with E-state index in [-0.39, 0.29) is 17.0 Å². The highest BCUT2D eigenvalue weighted by atomic mass is 79.9. The Morgan fingerprint density at radius 1 is 1.29 bits per heavy atom. The minimum absolute atomic E-state index is 0.0136. The van der Waals surface area contributed by atoms with E-state index in [1.165, 1.54) is 12.1 Å². The third-order valence-corrected chi connectivity index (χ3v) is 6.02. The first-order valence-electron chi connectivity index (χ1n) is 7.44. The Balaban J connectivity index is 2.35. The first-order chi connectivity index (χ1) is 10.9. The number of nitrogens with zero attached hydrogens (tertiary/aromatic N) is 2. The van der Waals surface area contributed by atoms with E-state index in [0.29, 0.717) is 21.4 Å². The molecule has 24 heavy (non-hydrogen) atoms. The molecule has 1 N–H and O–H groups in total. The van der Waals surface area contributed by atoms with Crippen LogP contribution in [0.3, 0.4) is 0 Å². The van der Waals surface area contributed by atoms with Gasteiger partial charge in [-0.1, -0.05) is 15.9 Å². The van der Waals surface area contributed by atoms with E-state index in [1.54, 1.807) is 24.6 Å². The fourth-order valence-electron chi connectivity index (χ4n) is 2.59. The average molecular weight is 418 g/mol. The van der Waals surface area contributed by atoms with E-state index in [4.69, 9.17) is 0 Å². The van der Waals surface area contributed by atoms with Gasteiger partial charge in [0.1, 0.15) is 10.7 Å². The average Bonchev–Trinajstić information content (AvgIpc) is 2.75. The van der Waals surface area contributed by atoms with Gasteiger partial charge in [-0.15, -0.1) is 0 Å². The largest absolute Gasteiger partial charge is 0.263 e. The number of hydrogen-bond donors (Lipinski definition) is 1. The summed E-state index contributed by atoms with van der Waals surface area (Å²) in [6.45, 7) is 9.26. The number of halogens is 2. The van der Waals surface area contributed by atoms with Crippen molar-refractivity contribution in [3.8, 4) is 0 Å². The topological polar surface area (TPSA) is 64.0 Å². The van der Waals surface area contributed by atoms with Crippen molar-refractivity contribution in [1.29, 1.82) is 0 Å². The van der Waals surface area contributed by atoms with Crippen molar-refractivity contribution < 1.29 is 12.8 Å². The van der Waals surface area contributed by atoms with Gasteiger partial charge in [-0.3, -0.25) is 4.68 Å². The maximum Gasteiger partial charge on any atom is 0.244 e. The van der Waals surface area contributed by atoms with E-state index < -0.39 is 15.8 Å². The number of nitrogens with one attached hydrogen (secondary N) is 1. The SMILES string of the molecule is Cc1nn(C(C)(C)C)c(C)c1S(=O)(=O)NCc1cc(F)ccc1Br. The fraction of sp³-hybridized carbons (Fsp3) is 0.438. The zero-order valence-corrected chi connectivity index (χ0v) is 16.7. The summed E-state index contributed by atoms with van der Waals surface area (Å²) in [6.07, 6.45) is 0. The number of hydrogen-bond acceptors (Lipinski definition) is 3. The molecule has 0 spiro atoms. The maximum atomic E-state index is 13.3. The van der Waals surface area contributed by atoms with Gasteiger partial charge in [0, 0.05) is 11.0 Å². The van der Waals surface area contributed by atoms with Crippen molar-refractivity contribution in [2.24, 2.45) is 0 Å². The highest BCUT2D eigenvalue weighted by Gasteiger charge is 2.28. The predicted octanol–water partition coefficient (Wildman–Crippen LogP) is 3.64. The normalized spacial score (nSPS) is 12.6. The molecule has 132 valence electrons. The van der Waals surface area contributed by atoms with Crippen molar-refractivity contribution in [2.45, 2.75) is 51.6 Å². The van der Waals surface area contributed by atoms with Crippen LogP contribution in [0.2, 0.25) is 0 Å². The number of sulfonamides is 1. The van der Waals surface area contributed by atoms with Crippen LogP contribution in [0.5, 0.6) is 0 Å². The zero-order chi connectivity index (χ0) is 18.3. The molecule has 0 radical (unpaired) electrons. The molecule has 0 fully saturated rings. The van der Waals surface area contributed by atoms with Gasteiger partial charge in [0.2, 0.25) is 10.0 Å². The molecule has 2 aromatic rings. The van der Waals surface area contributed by atoms with Crippen molar-refractivity contribution in [1.82, 2.24) is 14.5 Å². The summed E-state index contributed by atoms with van der Waals surface area (Å²) in [5, 5.41) is 4.36. The third-order valence-electron chi connectivity index (χ3n) is 3.59. The van der Waals surface area contributed by atoms with Gasteiger partial charge in [-0.2, -0.15) is 5.10 Å². The lowest BCUT2D eigenvalue weighted by Crippen LogP contribution is -2.27. The second-order valence-corrected chi connectivity index (χ2v) is 9.20. The number of rotatable bonds is 4. The molecule has 0 bridgehead atoms. The lowest BCUT2D eigenvalue weighted by Gasteiger charge is -2.21. The lowest BCUT2D eigenvalue weighted by atomic mass is 10.1. The molecule has 2 rings (SSSR count). The quantitative estimate of drug-likeness (QED) is 0.825. The molecule has 1 heterocycles. The minimum Gasteiger partial charge on any atom is -0.263 e. The predicted molar refractivity (Wildman–Crippen MR) is 94.8 cm³/mol. The number of benzene rings is 1. The van der Waals surface area contributed by atoms with Crippen LogP contribution >= 0.6 is 15.9 Å². The van der Waals surface area contributed by atoms with Crippen molar-refractivity contribution in [3.63, 3.8) is 0 Å². The molecule has 0 saturated carbocycles. The van der Waals surface area contributed by atoms with Crippen LogP contribution in [0.15, 0.2) is 27.6 Å². The molecule has 8 heteroatoms. The smallest absolute Gasteiger partial charge is 0.244 e. The van der Waals surface area contributed by atoms with Crippen molar-refractivity contribution >= 4 is 26.0 Å². The fourth-order valence-corrected chi connectivity index (χ4v) is 4.38. The molecule has 1 aromatic heterocycles. The first-order valence-corrected chi connectivity index (χ1v) is 9.71. The van der Waals surface area contributed by atoms with Gasteiger partial charge in [-0.25, -0.2) is 17.5 Å². The Morgan fingerprint density at radius 2 is 1.92 bits per heavy atom. The lowest BCUT2D eigenvalue weighted by molar-refractivity contribution is 0.345. The van der Waals surface area contributed by atoms with E-state index in [0.717, 1.165) is 0 Å². The molecule has 0 saturated heterocycles. The molecule has 0 aliphatic heterocycles. The van der Waals surface area contributed by atoms with Gasteiger partial charge in [0.25, 0.3) is 0 Å². The van der Waals surface area contributed by atoms with Crippen LogP contribution in [-0.4, -0.2) is 18.2 Å². The summed E-state index contributed by atoms with van der Waals surface area (Å²) in [5.41, 5.74) is 1.21. The van der Waals surface area contributed by atoms with E-state index >= 15 is 0 Å². The zero-order valence-electron chi connectivity index (χ0n) is 14.3. The summed E-state index contributed by atoms with van der Waals surface area (Å²) in [4.78, 5) is 0.171. The second kappa shape index (κ2) is 6.57. The van der Waals surface area contributed by atoms with Crippen LogP contribution in [0, 0.1) is 19.7 Å².